The molecule has 7 nitrogen and oxygen atoms in total. The molecule has 1 amide bonds. The van der Waals surface area contributed by atoms with Crippen LogP contribution < -0.4 is 10.2 Å². The third-order valence-electron chi connectivity index (χ3n) is 4.77. The van der Waals surface area contributed by atoms with E-state index in [1.807, 2.05) is 6.07 Å². The number of nitriles is 1. The summed E-state index contributed by atoms with van der Waals surface area (Å²) in [5.41, 5.74) is -0.105. The van der Waals surface area contributed by atoms with Crippen molar-refractivity contribution in [1.82, 2.24) is 4.98 Å². The maximum atomic E-state index is 13.3. The number of anilines is 2. The van der Waals surface area contributed by atoms with E-state index in [-0.39, 0.29) is 12.4 Å². The van der Waals surface area contributed by atoms with Crippen LogP contribution in [0.25, 0.3) is 0 Å². The quantitative estimate of drug-likeness (QED) is 0.728. The fraction of sp³-hybridized carbons (Fsp3) is 0.333. The molecule has 1 aromatic carbocycles. The summed E-state index contributed by atoms with van der Waals surface area (Å²) >= 11 is 0. The van der Waals surface area contributed by atoms with Crippen LogP contribution in [-0.2, 0) is 20.5 Å². The number of carbonyl (C=O) groups is 2. The molecule has 10 heteroatoms. The Kier molecular flexibility index (Phi) is 6.74. The van der Waals surface area contributed by atoms with Crippen LogP contribution in [0.4, 0.5) is 24.7 Å². The number of hydrogen-bond donors (Lipinski definition) is 1. The summed E-state index contributed by atoms with van der Waals surface area (Å²) in [7, 11) is 0. The number of amides is 1. The first-order chi connectivity index (χ1) is 14.8. The molecule has 1 fully saturated rings. The number of esters is 1. The van der Waals surface area contributed by atoms with Crippen LogP contribution in [0.5, 0.6) is 0 Å². The monoisotopic (exact) mass is 432 g/mol. The molecule has 1 saturated heterocycles. The maximum Gasteiger partial charge on any atom is 0.419 e. The lowest BCUT2D eigenvalue weighted by atomic mass is 9.98. The van der Waals surface area contributed by atoms with Crippen molar-refractivity contribution in [2.75, 3.05) is 29.9 Å². The largest absolute Gasteiger partial charge is 0.455 e. The average molecular weight is 432 g/mol. The van der Waals surface area contributed by atoms with Crippen LogP contribution in [0.1, 0.15) is 24.0 Å². The van der Waals surface area contributed by atoms with E-state index >= 15 is 0 Å². The second-order valence-electron chi connectivity index (χ2n) is 7.01. The number of piperidine rings is 1. The summed E-state index contributed by atoms with van der Waals surface area (Å²) in [6.07, 6.45) is -2.35. The van der Waals surface area contributed by atoms with Gasteiger partial charge in [-0.05, 0) is 43.2 Å². The highest BCUT2D eigenvalue weighted by Gasteiger charge is 2.37. The molecule has 0 bridgehead atoms. The van der Waals surface area contributed by atoms with Gasteiger partial charge in [-0.15, -0.1) is 0 Å². The lowest BCUT2D eigenvalue weighted by Gasteiger charge is -2.33. The molecule has 162 valence electrons. The predicted octanol–water partition coefficient (Wildman–Crippen LogP) is 3.37. The highest BCUT2D eigenvalue weighted by Crippen LogP contribution is 2.36. The maximum absolute atomic E-state index is 13.3. The Labute approximate surface area is 176 Å². The van der Waals surface area contributed by atoms with Crippen molar-refractivity contribution in [3.8, 4) is 6.07 Å². The Morgan fingerprint density at radius 2 is 2.10 bits per heavy atom. The van der Waals surface area contributed by atoms with Gasteiger partial charge in [-0.2, -0.15) is 18.4 Å². The third kappa shape index (κ3) is 5.72. The van der Waals surface area contributed by atoms with Gasteiger partial charge < -0.3 is 15.0 Å². The van der Waals surface area contributed by atoms with Crippen molar-refractivity contribution in [2.24, 2.45) is 5.92 Å². The first-order valence-corrected chi connectivity index (χ1v) is 9.51. The van der Waals surface area contributed by atoms with Crippen molar-refractivity contribution in [3.63, 3.8) is 0 Å². The zero-order valence-electron chi connectivity index (χ0n) is 16.4. The van der Waals surface area contributed by atoms with Gasteiger partial charge in [0.25, 0.3) is 5.91 Å². The lowest BCUT2D eigenvalue weighted by Crippen LogP contribution is -2.41. The molecule has 0 saturated carbocycles. The summed E-state index contributed by atoms with van der Waals surface area (Å²) in [5.74, 6) is -2.13. The fourth-order valence-electron chi connectivity index (χ4n) is 3.35. The van der Waals surface area contributed by atoms with E-state index in [0.29, 0.717) is 30.6 Å². The number of halogens is 3. The Morgan fingerprint density at radius 1 is 1.29 bits per heavy atom. The molecule has 1 aromatic heterocycles. The third-order valence-corrected chi connectivity index (χ3v) is 4.77. The van der Waals surface area contributed by atoms with E-state index in [9.17, 15) is 22.8 Å². The molecular weight excluding hydrogens is 413 g/mol. The molecule has 1 aliphatic rings. The number of benzene rings is 1. The van der Waals surface area contributed by atoms with Crippen LogP contribution in [0.15, 0.2) is 42.6 Å². The van der Waals surface area contributed by atoms with Gasteiger partial charge in [0.2, 0.25) is 0 Å². The minimum atomic E-state index is -4.56. The predicted molar refractivity (Wildman–Crippen MR) is 105 cm³/mol. The number of alkyl halides is 3. The Hall–Kier alpha value is -3.61. The average Bonchev–Trinajstić information content (AvgIpc) is 2.77. The normalized spacial score (nSPS) is 16.3. The number of carbonyl (C=O) groups excluding carboxylic acids is 2. The van der Waals surface area contributed by atoms with Gasteiger partial charge >= 0.3 is 12.1 Å². The van der Waals surface area contributed by atoms with Gasteiger partial charge in [0.1, 0.15) is 5.82 Å². The van der Waals surface area contributed by atoms with E-state index in [0.717, 1.165) is 6.07 Å². The smallest absolute Gasteiger partial charge is 0.419 e. The molecule has 2 heterocycles. The van der Waals surface area contributed by atoms with Crippen molar-refractivity contribution in [3.05, 3.63) is 53.7 Å². The molecule has 0 spiro atoms. The summed E-state index contributed by atoms with van der Waals surface area (Å²) in [6.45, 7) is -0.187. The topological polar surface area (TPSA) is 95.3 Å². The second kappa shape index (κ2) is 9.47. The molecule has 3 rings (SSSR count). The summed E-state index contributed by atoms with van der Waals surface area (Å²) < 4.78 is 44.9. The molecule has 31 heavy (non-hydrogen) atoms. The molecule has 0 aliphatic carbocycles. The number of aromatic nitrogens is 1. The minimum Gasteiger partial charge on any atom is -0.455 e. The van der Waals surface area contributed by atoms with Crippen molar-refractivity contribution in [2.45, 2.75) is 19.0 Å². The van der Waals surface area contributed by atoms with Crippen molar-refractivity contribution >= 4 is 23.4 Å². The number of nitrogens with one attached hydrogen (secondary N) is 1. The van der Waals surface area contributed by atoms with E-state index in [2.05, 4.69) is 10.3 Å². The van der Waals surface area contributed by atoms with Crippen LogP contribution in [-0.4, -0.2) is 36.6 Å². The summed E-state index contributed by atoms with van der Waals surface area (Å²) in [6, 6.07) is 10.4. The molecule has 1 atom stereocenters. The van der Waals surface area contributed by atoms with Gasteiger partial charge in [-0.1, -0.05) is 6.07 Å². The molecular formula is C21H19F3N4O3. The van der Waals surface area contributed by atoms with E-state index in [1.165, 1.54) is 23.2 Å². The molecule has 0 radical (unpaired) electrons. The number of ether oxygens (including phenoxy) is 1. The zero-order valence-corrected chi connectivity index (χ0v) is 16.4. The standard InChI is InChI=1S/C21H19F3N4O3/c22-21(23,24)17-7-2-8-26-19(17)28-9-3-5-15(12-28)20(30)31-13-18(29)27-16-6-1-4-14(10-16)11-25/h1-2,4,6-8,10,15H,3,5,9,12-13H2,(H,27,29)/t15-/m1/s1. The Morgan fingerprint density at radius 3 is 2.84 bits per heavy atom. The van der Waals surface area contributed by atoms with E-state index in [4.69, 9.17) is 10.00 Å². The van der Waals surface area contributed by atoms with Crippen LogP contribution in [0.2, 0.25) is 0 Å². The van der Waals surface area contributed by atoms with E-state index < -0.39 is 36.1 Å². The second-order valence-corrected chi connectivity index (χ2v) is 7.01. The minimum absolute atomic E-state index is 0.0186. The fourth-order valence-corrected chi connectivity index (χ4v) is 3.35. The summed E-state index contributed by atoms with van der Waals surface area (Å²) in [4.78, 5) is 29.7. The molecule has 2 aromatic rings. The van der Waals surface area contributed by atoms with Gasteiger partial charge in [-0.3, -0.25) is 9.59 Å². The van der Waals surface area contributed by atoms with Gasteiger partial charge in [-0.25, -0.2) is 4.98 Å². The van der Waals surface area contributed by atoms with Gasteiger partial charge in [0.05, 0.1) is 23.1 Å². The number of rotatable bonds is 5. The molecule has 1 aliphatic heterocycles. The van der Waals surface area contributed by atoms with Crippen LogP contribution in [0.3, 0.4) is 0 Å². The van der Waals surface area contributed by atoms with Crippen LogP contribution >= 0.6 is 0 Å². The first-order valence-electron chi connectivity index (χ1n) is 9.51. The number of hydrogen-bond acceptors (Lipinski definition) is 6. The summed E-state index contributed by atoms with van der Waals surface area (Å²) in [5, 5.41) is 11.4. The first kappa shape index (κ1) is 22.1. The Balaban J connectivity index is 1.58. The van der Waals surface area contributed by atoms with E-state index in [1.54, 1.807) is 18.2 Å². The molecule has 0 unspecified atom stereocenters. The Bertz CT molecular complexity index is 1000. The highest BCUT2D eigenvalue weighted by atomic mass is 19.4. The van der Waals surface area contributed by atoms with Gasteiger partial charge in [0, 0.05) is 25.0 Å². The van der Waals surface area contributed by atoms with Gasteiger partial charge in [0.15, 0.2) is 6.61 Å². The molecule has 1 N–H and O–H groups in total. The SMILES string of the molecule is N#Cc1cccc(NC(=O)COC(=O)[C@@H]2CCCN(c3ncccc3C(F)(F)F)C2)c1. The van der Waals surface area contributed by atoms with Crippen molar-refractivity contribution in [1.29, 1.82) is 5.26 Å². The highest BCUT2D eigenvalue weighted by molar-refractivity contribution is 5.93. The lowest BCUT2D eigenvalue weighted by molar-refractivity contribution is -0.151. The number of nitrogens with zero attached hydrogens (tertiary/aromatic N) is 3. The van der Waals surface area contributed by atoms with Crippen molar-refractivity contribution < 1.29 is 27.5 Å². The number of pyridine rings is 1. The zero-order chi connectivity index (χ0) is 22.4. The van der Waals surface area contributed by atoms with Crippen LogP contribution in [0, 0.1) is 17.2 Å².